The van der Waals surface area contributed by atoms with Crippen LogP contribution in [0.15, 0.2) is 12.2 Å². The first kappa shape index (κ1) is 18.4. The molecule has 3 unspecified atom stereocenters. The van der Waals surface area contributed by atoms with Crippen molar-refractivity contribution in [1.82, 2.24) is 15.5 Å². The third-order valence-corrected chi connectivity index (χ3v) is 6.16. The number of carbonyl (C=O) groups excluding carboxylic acids is 2. The Morgan fingerprint density at radius 2 is 1.96 bits per heavy atom. The summed E-state index contributed by atoms with van der Waals surface area (Å²) in [7, 11) is 0. The lowest BCUT2D eigenvalue weighted by Crippen LogP contribution is -2.47. The number of rotatable bonds is 7. The number of nitrogens with zero attached hydrogens (tertiary/aromatic N) is 1. The minimum atomic E-state index is -0.223. The van der Waals surface area contributed by atoms with E-state index in [9.17, 15) is 9.59 Å². The van der Waals surface area contributed by atoms with Crippen molar-refractivity contribution in [3.63, 3.8) is 0 Å². The van der Waals surface area contributed by atoms with E-state index in [0.29, 0.717) is 30.5 Å². The Bertz CT molecular complexity index is 523. The van der Waals surface area contributed by atoms with E-state index in [1.54, 1.807) is 0 Å². The van der Waals surface area contributed by atoms with Crippen LogP contribution >= 0.6 is 0 Å². The smallest absolute Gasteiger partial charge is 0.233 e. The van der Waals surface area contributed by atoms with Gasteiger partial charge in [-0.25, -0.2) is 0 Å². The molecule has 0 aromatic heterocycles. The maximum atomic E-state index is 13.0. The standard InChI is InChI=1S/C20H33N3O2/c1-3-4-9-21-18(24)13-22-16-10-15-11-17(12-16)23(14-15)19(25)20(2)7-5-6-8-20/h5-6,15-17,22H,3-4,7-14H2,1-2H3,(H,21,24). The zero-order valence-corrected chi connectivity index (χ0v) is 15.7. The number of amides is 2. The van der Waals surface area contributed by atoms with Crippen LogP contribution in [0.1, 0.15) is 58.8 Å². The van der Waals surface area contributed by atoms with Crippen molar-refractivity contribution in [2.45, 2.75) is 70.9 Å². The Hall–Kier alpha value is -1.36. The molecule has 5 nitrogen and oxygen atoms in total. The predicted octanol–water partition coefficient (Wildman–Crippen LogP) is 2.23. The zero-order chi connectivity index (χ0) is 17.9. The molecule has 2 aliphatic carbocycles. The number of nitrogens with one attached hydrogen (secondary N) is 2. The first-order valence-electron chi connectivity index (χ1n) is 9.98. The van der Waals surface area contributed by atoms with Gasteiger partial charge in [0.05, 0.1) is 12.0 Å². The number of carbonyl (C=O) groups is 2. The molecule has 3 atom stereocenters. The SMILES string of the molecule is CCCCNC(=O)CNC1CC2CC(C1)N(C(=O)C1(C)CC=CC1)C2. The average molecular weight is 348 g/mol. The lowest BCUT2D eigenvalue weighted by Gasteiger charge is -2.34. The van der Waals surface area contributed by atoms with Crippen LogP contribution in [0.4, 0.5) is 0 Å². The molecule has 1 heterocycles. The Morgan fingerprint density at radius 3 is 2.68 bits per heavy atom. The average Bonchev–Trinajstić information content (AvgIpc) is 3.17. The second-order valence-corrected chi connectivity index (χ2v) is 8.41. The van der Waals surface area contributed by atoms with Gasteiger partial charge in [-0.2, -0.15) is 0 Å². The van der Waals surface area contributed by atoms with Crippen molar-refractivity contribution in [2.75, 3.05) is 19.6 Å². The van der Waals surface area contributed by atoms with Gasteiger partial charge < -0.3 is 15.5 Å². The Labute approximate surface area is 151 Å². The van der Waals surface area contributed by atoms with Crippen LogP contribution in [0, 0.1) is 11.3 Å². The summed E-state index contributed by atoms with van der Waals surface area (Å²) in [5, 5.41) is 6.38. The summed E-state index contributed by atoms with van der Waals surface area (Å²) in [6, 6.07) is 0.706. The Balaban J connectivity index is 1.47. The maximum Gasteiger partial charge on any atom is 0.233 e. The lowest BCUT2D eigenvalue weighted by atomic mass is 9.85. The van der Waals surface area contributed by atoms with Gasteiger partial charge in [-0.15, -0.1) is 0 Å². The normalized spacial score (nSPS) is 29.8. The van der Waals surface area contributed by atoms with Crippen LogP contribution in [-0.2, 0) is 9.59 Å². The molecule has 2 fully saturated rings. The minimum Gasteiger partial charge on any atom is -0.355 e. The molecule has 2 bridgehead atoms. The fourth-order valence-electron chi connectivity index (χ4n) is 4.65. The van der Waals surface area contributed by atoms with Gasteiger partial charge in [0.2, 0.25) is 11.8 Å². The molecule has 25 heavy (non-hydrogen) atoms. The molecule has 3 aliphatic rings. The number of unbranched alkanes of at least 4 members (excludes halogenated alkanes) is 1. The molecule has 0 spiro atoms. The molecule has 1 saturated carbocycles. The van der Waals surface area contributed by atoms with Gasteiger partial charge in [0.25, 0.3) is 0 Å². The van der Waals surface area contributed by atoms with E-state index < -0.39 is 0 Å². The van der Waals surface area contributed by atoms with Crippen LogP contribution in [0.25, 0.3) is 0 Å². The molecule has 140 valence electrons. The van der Waals surface area contributed by atoms with E-state index in [1.165, 1.54) is 0 Å². The van der Waals surface area contributed by atoms with Gasteiger partial charge in [-0.3, -0.25) is 9.59 Å². The van der Waals surface area contributed by atoms with Gasteiger partial charge in [-0.1, -0.05) is 32.4 Å². The van der Waals surface area contributed by atoms with E-state index in [-0.39, 0.29) is 11.3 Å². The number of hydrogen-bond donors (Lipinski definition) is 2. The topological polar surface area (TPSA) is 61.4 Å². The van der Waals surface area contributed by atoms with E-state index in [4.69, 9.17) is 0 Å². The van der Waals surface area contributed by atoms with Crippen molar-refractivity contribution in [1.29, 1.82) is 0 Å². The first-order chi connectivity index (χ1) is 12.0. The Kier molecular flexibility index (Phi) is 5.82. The molecule has 2 amide bonds. The first-order valence-corrected chi connectivity index (χ1v) is 9.98. The summed E-state index contributed by atoms with van der Waals surface area (Å²) in [5.74, 6) is 1.01. The fraction of sp³-hybridized carbons (Fsp3) is 0.800. The third kappa shape index (κ3) is 4.25. The predicted molar refractivity (Wildman–Crippen MR) is 99.0 cm³/mol. The van der Waals surface area contributed by atoms with E-state index in [1.807, 2.05) is 0 Å². The summed E-state index contributed by atoms with van der Waals surface area (Å²) in [4.78, 5) is 27.1. The monoisotopic (exact) mass is 347 g/mol. The summed E-state index contributed by atoms with van der Waals surface area (Å²) in [5.41, 5.74) is -0.223. The van der Waals surface area contributed by atoms with Gasteiger partial charge in [-0.05, 0) is 44.4 Å². The van der Waals surface area contributed by atoms with Crippen molar-refractivity contribution < 1.29 is 9.59 Å². The third-order valence-electron chi connectivity index (χ3n) is 6.16. The van der Waals surface area contributed by atoms with E-state index >= 15 is 0 Å². The summed E-state index contributed by atoms with van der Waals surface area (Å²) < 4.78 is 0. The highest BCUT2D eigenvalue weighted by Crippen LogP contribution is 2.41. The molecular formula is C20H33N3O2. The zero-order valence-electron chi connectivity index (χ0n) is 15.7. The molecule has 2 N–H and O–H groups in total. The molecule has 0 aromatic carbocycles. The van der Waals surface area contributed by atoms with Gasteiger partial charge in [0.1, 0.15) is 0 Å². The maximum absolute atomic E-state index is 13.0. The molecular weight excluding hydrogens is 314 g/mol. The highest BCUT2D eigenvalue weighted by atomic mass is 16.2. The number of fused-ring (bicyclic) bond motifs is 2. The van der Waals surface area contributed by atoms with E-state index in [0.717, 1.165) is 58.0 Å². The van der Waals surface area contributed by atoms with Crippen molar-refractivity contribution >= 4 is 11.8 Å². The largest absolute Gasteiger partial charge is 0.355 e. The molecule has 3 rings (SSSR count). The number of hydrogen-bond acceptors (Lipinski definition) is 3. The molecule has 1 saturated heterocycles. The quantitative estimate of drug-likeness (QED) is 0.548. The summed E-state index contributed by atoms with van der Waals surface area (Å²) >= 11 is 0. The van der Waals surface area contributed by atoms with Crippen LogP contribution in [0.2, 0.25) is 0 Å². The summed E-state index contributed by atoms with van der Waals surface area (Å²) in [6.07, 6.45) is 11.4. The molecule has 1 aliphatic heterocycles. The lowest BCUT2D eigenvalue weighted by molar-refractivity contribution is -0.141. The van der Waals surface area contributed by atoms with Gasteiger partial charge in [0, 0.05) is 25.2 Å². The highest BCUT2D eigenvalue weighted by molar-refractivity contribution is 5.84. The van der Waals surface area contributed by atoms with Crippen LogP contribution in [-0.4, -0.2) is 48.4 Å². The van der Waals surface area contributed by atoms with E-state index in [2.05, 4.69) is 41.5 Å². The Morgan fingerprint density at radius 1 is 1.20 bits per heavy atom. The van der Waals surface area contributed by atoms with Crippen LogP contribution < -0.4 is 10.6 Å². The highest BCUT2D eigenvalue weighted by Gasteiger charge is 2.46. The van der Waals surface area contributed by atoms with Gasteiger partial charge in [0.15, 0.2) is 0 Å². The fourth-order valence-corrected chi connectivity index (χ4v) is 4.65. The molecule has 0 radical (unpaired) electrons. The number of allylic oxidation sites excluding steroid dienone is 2. The van der Waals surface area contributed by atoms with Crippen LogP contribution in [0.5, 0.6) is 0 Å². The van der Waals surface area contributed by atoms with Crippen LogP contribution in [0.3, 0.4) is 0 Å². The van der Waals surface area contributed by atoms with Gasteiger partial charge >= 0.3 is 0 Å². The van der Waals surface area contributed by atoms with Crippen molar-refractivity contribution in [2.24, 2.45) is 11.3 Å². The molecule has 5 heteroatoms. The molecule has 0 aromatic rings. The number of likely N-dealkylation sites (tertiary alicyclic amines) is 1. The van der Waals surface area contributed by atoms with Crippen molar-refractivity contribution in [3.8, 4) is 0 Å². The minimum absolute atomic E-state index is 0.0869. The second kappa shape index (κ2) is 7.90. The van der Waals surface area contributed by atoms with Crippen molar-refractivity contribution in [3.05, 3.63) is 12.2 Å². The summed E-state index contributed by atoms with van der Waals surface area (Å²) in [6.45, 7) is 6.29. The second-order valence-electron chi connectivity index (χ2n) is 8.41.